The van der Waals surface area contributed by atoms with Gasteiger partial charge in [0.2, 0.25) is 0 Å². The number of allylic oxidation sites excluding steroid dienone is 2. The molecule has 0 spiro atoms. The highest BCUT2D eigenvalue weighted by molar-refractivity contribution is 6.02. The third-order valence-electron chi connectivity index (χ3n) is 4.28. The van der Waals surface area contributed by atoms with E-state index in [9.17, 15) is 14.4 Å². The van der Waals surface area contributed by atoms with Gasteiger partial charge in [0.05, 0.1) is 25.4 Å². The van der Waals surface area contributed by atoms with Crippen molar-refractivity contribution in [2.75, 3.05) is 21.3 Å². The van der Waals surface area contributed by atoms with Crippen molar-refractivity contribution < 1.29 is 28.6 Å². The van der Waals surface area contributed by atoms with Crippen molar-refractivity contribution in [1.82, 2.24) is 0 Å². The molecule has 0 N–H and O–H groups in total. The van der Waals surface area contributed by atoms with E-state index in [0.717, 1.165) is 5.57 Å². The predicted octanol–water partition coefficient (Wildman–Crippen LogP) is 1.34. The van der Waals surface area contributed by atoms with Crippen LogP contribution >= 0.6 is 0 Å². The molecule has 1 fully saturated rings. The van der Waals surface area contributed by atoms with Crippen LogP contribution in [-0.2, 0) is 28.6 Å². The molecular formula is C16H20O6. The van der Waals surface area contributed by atoms with E-state index in [1.54, 1.807) is 0 Å². The minimum absolute atomic E-state index is 0.0154. The van der Waals surface area contributed by atoms with Crippen molar-refractivity contribution >= 4 is 17.7 Å². The van der Waals surface area contributed by atoms with Gasteiger partial charge in [-0.15, -0.1) is 0 Å². The first kappa shape index (κ1) is 16.4. The van der Waals surface area contributed by atoms with Crippen LogP contribution in [0.25, 0.3) is 0 Å². The third kappa shape index (κ3) is 2.97. The van der Waals surface area contributed by atoms with Gasteiger partial charge in [0.1, 0.15) is 6.10 Å². The molecular weight excluding hydrogens is 288 g/mol. The largest absolute Gasteiger partial charge is 0.466 e. The second-order valence-electron chi connectivity index (χ2n) is 5.34. The van der Waals surface area contributed by atoms with Crippen molar-refractivity contribution in [1.29, 1.82) is 0 Å². The van der Waals surface area contributed by atoms with Crippen LogP contribution in [0.3, 0.4) is 0 Å². The zero-order valence-electron chi connectivity index (χ0n) is 13.0. The molecule has 0 amide bonds. The second-order valence-corrected chi connectivity index (χ2v) is 5.34. The lowest BCUT2D eigenvalue weighted by atomic mass is 9.78. The Morgan fingerprint density at radius 1 is 1.09 bits per heavy atom. The first-order valence-electron chi connectivity index (χ1n) is 7.17. The molecule has 0 unspecified atom stereocenters. The second kappa shape index (κ2) is 6.87. The van der Waals surface area contributed by atoms with E-state index in [0.29, 0.717) is 36.8 Å². The van der Waals surface area contributed by atoms with Crippen LogP contribution in [0.1, 0.15) is 25.7 Å². The third-order valence-corrected chi connectivity index (χ3v) is 4.28. The van der Waals surface area contributed by atoms with Crippen LogP contribution in [0, 0.1) is 5.92 Å². The average molecular weight is 308 g/mol. The summed E-state index contributed by atoms with van der Waals surface area (Å²) in [4.78, 5) is 36.2. The normalized spacial score (nSPS) is 25.0. The zero-order valence-corrected chi connectivity index (χ0v) is 13.0. The van der Waals surface area contributed by atoms with Crippen molar-refractivity contribution in [3.05, 3.63) is 22.8 Å². The fourth-order valence-corrected chi connectivity index (χ4v) is 3.12. The molecule has 120 valence electrons. The van der Waals surface area contributed by atoms with E-state index >= 15 is 0 Å². The summed E-state index contributed by atoms with van der Waals surface area (Å²) in [6.07, 6.45) is 2.93. The topological polar surface area (TPSA) is 78.9 Å². The van der Waals surface area contributed by atoms with Gasteiger partial charge in [0.15, 0.2) is 5.78 Å². The number of carbonyl (C=O) groups excluding carboxylic acids is 3. The number of carbonyl (C=O) groups is 3. The van der Waals surface area contributed by atoms with Gasteiger partial charge in [0, 0.05) is 19.4 Å². The molecule has 1 saturated carbocycles. The Bertz CT molecular complexity index is 557. The molecule has 0 radical (unpaired) electrons. The Balaban J connectivity index is 2.47. The van der Waals surface area contributed by atoms with Gasteiger partial charge in [0.25, 0.3) is 0 Å². The first-order chi connectivity index (χ1) is 10.5. The van der Waals surface area contributed by atoms with Gasteiger partial charge < -0.3 is 14.2 Å². The zero-order chi connectivity index (χ0) is 16.3. The number of methoxy groups -OCH3 is 3. The standard InChI is InChI=1S/C16H20O6/c1-20-13-8-11-9(5-7-12(13)17)4-6-10(15(18)21-2)14(11)16(19)22-3/h4,11,13H,5-8H2,1-3H3/t11-,13+/m1/s1. The molecule has 2 rings (SSSR count). The SMILES string of the molecule is COC(=O)C1=C(C(=O)OC)[C@@H]2C[C@H](OC)C(=O)CCC2=CC1. The number of fused-ring (bicyclic) bond motifs is 1. The number of esters is 2. The minimum atomic E-state index is -0.576. The lowest BCUT2D eigenvalue weighted by Crippen LogP contribution is -2.29. The smallest absolute Gasteiger partial charge is 0.334 e. The molecule has 22 heavy (non-hydrogen) atoms. The van der Waals surface area contributed by atoms with Gasteiger partial charge >= 0.3 is 11.9 Å². The van der Waals surface area contributed by atoms with E-state index in [2.05, 4.69) is 0 Å². The average Bonchev–Trinajstić information content (AvgIpc) is 2.71. The van der Waals surface area contributed by atoms with Crippen molar-refractivity contribution in [3.63, 3.8) is 0 Å². The summed E-state index contributed by atoms with van der Waals surface area (Å²) in [5.74, 6) is -1.42. The molecule has 0 aliphatic heterocycles. The Morgan fingerprint density at radius 3 is 2.36 bits per heavy atom. The molecule has 0 aromatic rings. The number of ether oxygens (including phenoxy) is 3. The van der Waals surface area contributed by atoms with Crippen LogP contribution in [0.5, 0.6) is 0 Å². The van der Waals surface area contributed by atoms with Crippen molar-refractivity contribution in [2.45, 2.75) is 31.8 Å². The summed E-state index contributed by atoms with van der Waals surface area (Å²) >= 11 is 0. The van der Waals surface area contributed by atoms with E-state index in [-0.39, 0.29) is 11.7 Å². The number of ketones is 1. The maximum atomic E-state index is 12.2. The van der Waals surface area contributed by atoms with E-state index in [1.165, 1.54) is 21.3 Å². The molecule has 6 heteroatoms. The van der Waals surface area contributed by atoms with Crippen LogP contribution in [0.2, 0.25) is 0 Å². The van der Waals surface area contributed by atoms with Crippen LogP contribution in [0.15, 0.2) is 22.8 Å². The molecule has 2 atom stereocenters. The lowest BCUT2D eigenvalue weighted by molar-refractivity contribution is -0.140. The Kier molecular flexibility index (Phi) is 5.13. The summed E-state index contributed by atoms with van der Waals surface area (Å²) < 4.78 is 14.9. The Hall–Kier alpha value is -1.95. The van der Waals surface area contributed by atoms with Crippen LogP contribution < -0.4 is 0 Å². The van der Waals surface area contributed by atoms with Gasteiger partial charge in [-0.05, 0) is 19.3 Å². The van der Waals surface area contributed by atoms with Gasteiger partial charge in [-0.2, -0.15) is 0 Å². The van der Waals surface area contributed by atoms with Gasteiger partial charge in [-0.25, -0.2) is 9.59 Å². The number of Topliss-reactive ketones (excluding diaryl/α,β-unsaturated/α-hetero) is 1. The lowest BCUT2D eigenvalue weighted by Gasteiger charge is -2.27. The summed E-state index contributed by atoms with van der Waals surface area (Å²) in [6, 6.07) is 0. The van der Waals surface area contributed by atoms with E-state index in [1.807, 2.05) is 6.08 Å². The van der Waals surface area contributed by atoms with Crippen LogP contribution in [0.4, 0.5) is 0 Å². The van der Waals surface area contributed by atoms with E-state index < -0.39 is 18.0 Å². The van der Waals surface area contributed by atoms with Crippen molar-refractivity contribution in [3.8, 4) is 0 Å². The Morgan fingerprint density at radius 2 is 1.77 bits per heavy atom. The Labute approximate surface area is 129 Å². The van der Waals surface area contributed by atoms with E-state index in [4.69, 9.17) is 14.2 Å². The fourth-order valence-electron chi connectivity index (χ4n) is 3.12. The monoisotopic (exact) mass is 308 g/mol. The quantitative estimate of drug-likeness (QED) is 0.578. The highest BCUT2D eigenvalue weighted by atomic mass is 16.5. The van der Waals surface area contributed by atoms with Gasteiger partial charge in [-0.1, -0.05) is 11.6 Å². The number of hydrogen-bond donors (Lipinski definition) is 0. The summed E-state index contributed by atoms with van der Waals surface area (Å²) in [7, 11) is 4.03. The maximum absolute atomic E-state index is 12.2. The highest BCUT2D eigenvalue weighted by Gasteiger charge is 2.38. The molecule has 2 aliphatic carbocycles. The van der Waals surface area contributed by atoms with Crippen LogP contribution in [-0.4, -0.2) is 45.2 Å². The number of hydrogen-bond acceptors (Lipinski definition) is 6. The molecule has 6 nitrogen and oxygen atoms in total. The molecule has 0 heterocycles. The fraction of sp³-hybridized carbons (Fsp3) is 0.562. The molecule has 0 aromatic heterocycles. The minimum Gasteiger partial charge on any atom is -0.466 e. The van der Waals surface area contributed by atoms with Gasteiger partial charge in [-0.3, -0.25) is 4.79 Å². The molecule has 0 saturated heterocycles. The molecule has 2 aliphatic rings. The molecule has 0 bridgehead atoms. The summed E-state index contributed by atoms with van der Waals surface area (Å²) in [5.41, 5.74) is 1.58. The predicted molar refractivity (Wildman–Crippen MR) is 76.9 cm³/mol. The first-order valence-corrected chi connectivity index (χ1v) is 7.17. The van der Waals surface area contributed by atoms with Crippen molar-refractivity contribution in [2.24, 2.45) is 5.92 Å². The molecule has 0 aromatic carbocycles. The summed E-state index contributed by atoms with van der Waals surface area (Å²) in [5, 5.41) is 0. The summed E-state index contributed by atoms with van der Waals surface area (Å²) in [6.45, 7) is 0. The maximum Gasteiger partial charge on any atom is 0.334 e. The highest BCUT2D eigenvalue weighted by Crippen LogP contribution is 2.39. The number of rotatable bonds is 3.